The first-order valence-corrected chi connectivity index (χ1v) is 6.91. The van der Waals surface area contributed by atoms with Crippen LogP contribution in [0.25, 0.3) is 0 Å². The van der Waals surface area contributed by atoms with Gasteiger partial charge in [0.2, 0.25) is 0 Å². The minimum Gasteiger partial charge on any atom is -0.314 e. The maximum Gasteiger partial charge on any atom is 0.0697 e. The van der Waals surface area contributed by atoms with E-state index in [0.29, 0.717) is 12.1 Å². The Morgan fingerprint density at radius 3 is 2.88 bits per heavy atom. The summed E-state index contributed by atoms with van der Waals surface area (Å²) in [5, 5.41) is 16.1. The van der Waals surface area contributed by atoms with Gasteiger partial charge in [0.1, 0.15) is 0 Å². The second-order valence-electron chi connectivity index (χ2n) is 6.01. The summed E-state index contributed by atoms with van der Waals surface area (Å²) in [5.41, 5.74) is -0.259. The molecule has 17 heavy (non-hydrogen) atoms. The largest absolute Gasteiger partial charge is 0.314 e. The lowest BCUT2D eigenvalue weighted by atomic mass is 9.95. The summed E-state index contributed by atoms with van der Waals surface area (Å²) in [6, 6.07) is 3.47. The maximum absolute atomic E-state index is 8.96. The lowest BCUT2D eigenvalue weighted by Crippen LogP contribution is -2.40. The molecule has 0 aliphatic carbocycles. The normalized spacial score (nSPS) is 23.8. The van der Waals surface area contributed by atoms with Crippen molar-refractivity contribution in [2.24, 2.45) is 5.41 Å². The minimum absolute atomic E-state index is 0.259. The van der Waals surface area contributed by atoms with Gasteiger partial charge in [-0.25, -0.2) is 0 Å². The Balaban J connectivity index is 2.24. The second kappa shape index (κ2) is 6.98. The Hall–Kier alpha value is -0.590. The van der Waals surface area contributed by atoms with E-state index in [1.165, 1.54) is 38.6 Å². The Morgan fingerprint density at radius 2 is 2.18 bits per heavy atom. The van der Waals surface area contributed by atoms with E-state index in [0.717, 1.165) is 6.54 Å². The van der Waals surface area contributed by atoms with Crippen LogP contribution in [-0.2, 0) is 0 Å². The predicted molar refractivity (Wildman–Crippen MR) is 71.7 cm³/mol. The standard InChI is InChI=1S/C14H27N3/c1-12(17-11-14(2,3)10-15)9-13-7-5-4-6-8-16-13/h12-13,16-17H,4-9,11H2,1-3H3. The fraction of sp³-hybridized carbons (Fsp3) is 0.929. The summed E-state index contributed by atoms with van der Waals surface area (Å²) < 4.78 is 0. The van der Waals surface area contributed by atoms with Crippen molar-refractivity contribution in [3.8, 4) is 6.07 Å². The number of rotatable bonds is 5. The van der Waals surface area contributed by atoms with Crippen LogP contribution in [0.15, 0.2) is 0 Å². The van der Waals surface area contributed by atoms with Crippen LogP contribution in [0.3, 0.4) is 0 Å². The van der Waals surface area contributed by atoms with Crippen LogP contribution >= 0.6 is 0 Å². The number of hydrogen-bond donors (Lipinski definition) is 2. The van der Waals surface area contributed by atoms with E-state index < -0.39 is 0 Å². The first-order valence-electron chi connectivity index (χ1n) is 6.91. The molecule has 1 aliphatic heterocycles. The van der Waals surface area contributed by atoms with Crippen molar-refractivity contribution in [3.63, 3.8) is 0 Å². The molecule has 1 heterocycles. The first kappa shape index (κ1) is 14.5. The molecule has 2 N–H and O–H groups in total. The molecule has 0 aromatic rings. The highest BCUT2D eigenvalue weighted by Gasteiger charge is 2.19. The van der Waals surface area contributed by atoms with E-state index in [4.69, 9.17) is 5.26 Å². The molecule has 3 heteroatoms. The van der Waals surface area contributed by atoms with Crippen LogP contribution in [-0.4, -0.2) is 25.2 Å². The van der Waals surface area contributed by atoms with Crippen molar-refractivity contribution in [2.75, 3.05) is 13.1 Å². The molecule has 3 nitrogen and oxygen atoms in total. The Morgan fingerprint density at radius 1 is 1.41 bits per heavy atom. The zero-order valence-corrected chi connectivity index (χ0v) is 11.6. The molecule has 0 radical (unpaired) electrons. The number of nitriles is 1. The molecule has 0 aromatic carbocycles. The minimum atomic E-state index is -0.259. The molecule has 0 bridgehead atoms. The van der Waals surface area contributed by atoms with Crippen molar-refractivity contribution in [1.82, 2.24) is 10.6 Å². The van der Waals surface area contributed by atoms with E-state index in [2.05, 4.69) is 23.6 Å². The van der Waals surface area contributed by atoms with Crippen molar-refractivity contribution < 1.29 is 0 Å². The highest BCUT2D eigenvalue weighted by molar-refractivity contribution is 4.94. The van der Waals surface area contributed by atoms with Crippen molar-refractivity contribution in [3.05, 3.63) is 0 Å². The zero-order chi connectivity index (χ0) is 12.7. The zero-order valence-electron chi connectivity index (χ0n) is 11.6. The van der Waals surface area contributed by atoms with Gasteiger partial charge >= 0.3 is 0 Å². The van der Waals surface area contributed by atoms with E-state index in [9.17, 15) is 0 Å². The molecule has 2 atom stereocenters. The monoisotopic (exact) mass is 237 g/mol. The van der Waals surface area contributed by atoms with E-state index in [-0.39, 0.29) is 5.41 Å². The van der Waals surface area contributed by atoms with Crippen molar-refractivity contribution >= 4 is 0 Å². The van der Waals surface area contributed by atoms with E-state index in [1.807, 2.05) is 13.8 Å². The fourth-order valence-corrected chi connectivity index (χ4v) is 2.28. The highest BCUT2D eigenvalue weighted by atomic mass is 15.0. The van der Waals surface area contributed by atoms with Gasteiger partial charge in [-0.1, -0.05) is 12.8 Å². The molecular formula is C14H27N3. The third-order valence-electron chi connectivity index (χ3n) is 3.50. The molecule has 1 aliphatic rings. The molecule has 2 unspecified atom stereocenters. The lowest BCUT2D eigenvalue weighted by molar-refractivity contribution is 0.361. The molecule has 0 saturated carbocycles. The summed E-state index contributed by atoms with van der Waals surface area (Å²) in [6.45, 7) is 8.13. The van der Waals surface area contributed by atoms with Gasteiger partial charge in [-0.05, 0) is 46.6 Å². The fourth-order valence-electron chi connectivity index (χ4n) is 2.28. The number of hydrogen-bond acceptors (Lipinski definition) is 3. The Bertz CT molecular complexity index is 247. The van der Waals surface area contributed by atoms with Crippen LogP contribution in [0.1, 0.15) is 52.9 Å². The topological polar surface area (TPSA) is 47.8 Å². The lowest BCUT2D eigenvalue weighted by Gasteiger charge is -2.24. The van der Waals surface area contributed by atoms with Crippen molar-refractivity contribution in [1.29, 1.82) is 5.26 Å². The van der Waals surface area contributed by atoms with Gasteiger partial charge in [0.25, 0.3) is 0 Å². The molecule has 98 valence electrons. The smallest absolute Gasteiger partial charge is 0.0697 e. The molecule has 1 rings (SSSR count). The third kappa shape index (κ3) is 6.05. The quantitative estimate of drug-likeness (QED) is 0.772. The van der Waals surface area contributed by atoms with Crippen LogP contribution in [0.2, 0.25) is 0 Å². The SMILES string of the molecule is CC(CC1CCCCCN1)NCC(C)(C)C#N. The molecule has 1 saturated heterocycles. The van der Waals surface area contributed by atoms with Gasteiger partial charge in [-0.15, -0.1) is 0 Å². The van der Waals surface area contributed by atoms with Gasteiger partial charge in [0.15, 0.2) is 0 Å². The van der Waals surface area contributed by atoms with Gasteiger partial charge in [0.05, 0.1) is 11.5 Å². The summed E-state index contributed by atoms with van der Waals surface area (Å²) in [7, 11) is 0. The third-order valence-corrected chi connectivity index (χ3v) is 3.50. The summed E-state index contributed by atoms with van der Waals surface area (Å²) in [6.07, 6.45) is 6.51. The summed E-state index contributed by atoms with van der Waals surface area (Å²) in [5.74, 6) is 0. The predicted octanol–water partition coefficient (Wildman–Crippen LogP) is 2.44. The highest BCUT2D eigenvalue weighted by Crippen LogP contribution is 2.14. The average molecular weight is 237 g/mol. The number of nitrogens with zero attached hydrogens (tertiary/aromatic N) is 1. The van der Waals surface area contributed by atoms with Gasteiger partial charge in [-0.3, -0.25) is 0 Å². The number of nitrogens with one attached hydrogen (secondary N) is 2. The molecule has 0 spiro atoms. The summed E-state index contributed by atoms with van der Waals surface area (Å²) in [4.78, 5) is 0. The maximum atomic E-state index is 8.96. The van der Waals surface area contributed by atoms with E-state index >= 15 is 0 Å². The average Bonchev–Trinajstić information content (AvgIpc) is 2.55. The first-order chi connectivity index (χ1) is 8.03. The molecular weight excluding hydrogens is 210 g/mol. The van der Waals surface area contributed by atoms with E-state index in [1.54, 1.807) is 0 Å². The van der Waals surface area contributed by atoms with Gasteiger partial charge in [-0.2, -0.15) is 5.26 Å². The van der Waals surface area contributed by atoms with Crippen LogP contribution in [0, 0.1) is 16.7 Å². The Labute approximate surface area is 106 Å². The molecule has 0 amide bonds. The van der Waals surface area contributed by atoms with Gasteiger partial charge in [0, 0.05) is 18.6 Å². The Kier molecular flexibility index (Phi) is 5.94. The summed E-state index contributed by atoms with van der Waals surface area (Å²) >= 11 is 0. The van der Waals surface area contributed by atoms with Crippen LogP contribution < -0.4 is 10.6 Å². The van der Waals surface area contributed by atoms with Crippen molar-refractivity contribution in [2.45, 2.75) is 65.0 Å². The van der Waals surface area contributed by atoms with Crippen LogP contribution in [0.4, 0.5) is 0 Å². The van der Waals surface area contributed by atoms with Gasteiger partial charge < -0.3 is 10.6 Å². The second-order valence-corrected chi connectivity index (χ2v) is 6.01. The molecule has 0 aromatic heterocycles. The van der Waals surface area contributed by atoms with Crippen LogP contribution in [0.5, 0.6) is 0 Å². The molecule has 1 fully saturated rings.